The lowest BCUT2D eigenvalue weighted by Crippen LogP contribution is -2.48. The van der Waals surface area contributed by atoms with Crippen LogP contribution in [0.2, 0.25) is 0 Å². The van der Waals surface area contributed by atoms with Gasteiger partial charge in [-0.05, 0) is 49.6 Å². The van der Waals surface area contributed by atoms with Crippen LogP contribution in [0.15, 0.2) is 56.5 Å². The Hall–Kier alpha value is -1.79. The maximum absolute atomic E-state index is 5.63. The molecule has 140 valence electrons. The highest BCUT2D eigenvalue weighted by Crippen LogP contribution is 2.34. The summed E-state index contributed by atoms with van der Waals surface area (Å²) >= 11 is 3.53. The highest BCUT2D eigenvalue weighted by atomic mass is 79.9. The lowest BCUT2D eigenvalue weighted by molar-refractivity contribution is 0.0514. The summed E-state index contributed by atoms with van der Waals surface area (Å²) < 4.78 is 12.1. The largest absolute Gasteiger partial charge is 0.467 e. The van der Waals surface area contributed by atoms with Gasteiger partial charge in [-0.1, -0.05) is 28.1 Å². The average Bonchev–Trinajstić information content (AvgIpc) is 3.19. The van der Waals surface area contributed by atoms with E-state index in [-0.39, 0.29) is 5.41 Å². The van der Waals surface area contributed by atoms with Crippen molar-refractivity contribution in [1.29, 1.82) is 0 Å². The zero-order chi connectivity index (χ0) is 18.2. The molecule has 1 aliphatic heterocycles. The minimum atomic E-state index is 0.0554. The first-order valence-electron chi connectivity index (χ1n) is 9.10. The molecule has 0 amide bonds. The predicted molar refractivity (Wildman–Crippen MR) is 107 cm³/mol. The highest BCUT2D eigenvalue weighted by molar-refractivity contribution is 9.10. The zero-order valence-electron chi connectivity index (χ0n) is 15.1. The van der Waals surface area contributed by atoms with Crippen LogP contribution in [0.5, 0.6) is 0 Å². The molecule has 0 radical (unpaired) electrons. The van der Waals surface area contributed by atoms with Gasteiger partial charge in [0.1, 0.15) is 12.3 Å². The third-order valence-corrected chi connectivity index (χ3v) is 5.35. The fraction of sp³-hybridized carbons (Fsp3) is 0.450. The van der Waals surface area contributed by atoms with E-state index in [1.165, 1.54) is 5.56 Å². The molecule has 2 N–H and O–H groups in total. The van der Waals surface area contributed by atoms with Gasteiger partial charge in [0.25, 0.3) is 0 Å². The van der Waals surface area contributed by atoms with Crippen LogP contribution in [0, 0.1) is 0 Å². The van der Waals surface area contributed by atoms with Crippen molar-refractivity contribution in [3.63, 3.8) is 0 Å². The second-order valence-electron chi connectivity index (χ2n) is 6.53. The first kappa shape index (κ1) is 19.0. The van der Waals surface area contributed by atoms with E-state index in [0.717, 1.165) is 55.3 Å². The Kier molecular flexibility index (Phi) is 6.74. The number of hydrogen-bond acceptors (Lipinski definition) is 3. The molecule has 2 heterocycles. The van der Waals surface area contributed by atoms with Crippen molar-refractivity contribution in [2.45, 2.75) is 31.7 Å². The lowest BCUT2D eigenvalue weighted by atomic mass is 9.74. The Labute approximate surface area is 163 Å². The fourth-order valence-corrected chi connectivity index (χ4v) is 3.55. The SMILES string of the molecule is CCNC(=NCc1ccco1)NCC1(c2ccc(Br)cc2)CCOCC1. The molecule has 0 bridgehead atoms. The van der Waals surface area contributed by atoms with Crippen molar-refractivity contribution in [2.24, 2.45) is 4.99 Å². The Morgan fingerprint density at radius 1 is 1.15 bits per heavy atom. The van der Waals surface area contributed by atoms with Gasteiger partial charge >= 0.3 is 0 Å². The molecule has 6 heteroatoms. The minimum Gasteiger partial charge on any atom is -0.467 e. The van der Waals surface area contributed by atoms with Gasteiger partial charge in [-0.3, -0.25) is 0 Å². The van der Waals surface area contributed by atoms with Crippen LogP contribution >= 0.6 is 15.9 Å². The van der Waals surface area contributed by atoms with Gasteiger partial charge in [0.2, 0.25) is 0 Å². The third kappa shape index (κ3) is 4.89. The fourth-order valence-electron chi connectivity index (χ4n) is 3.29. The molecule has 1 fully saturated rings. The van der Waals surface area contributed by atoms with E-state index < -0.39 is 0 Å². The predicted octanol–water partition coefficient (Wildman–Crippen LogP) is 3.85. The number of ether oxygens (including phenoxy) is 1. The smallest absolute Gasteiger partial charge is 0.191 e. The quantitative estimate of drug-likeness (QED) is 0.551. The number of nitrogens with zero attached hydrogens (tertiary/aromatic N) is 1. The van der Waals surface area contributed by atoms with Crippen molar-refractivity contribution < 1.29 is 9.15 Å². The average molecular weight is 420 g/mol. The molecule has 1 saturated heterocycles. The van der Waals surface area contributed by atoms with Crippen LogP contribution in [-0.2, 0) is 16.7 Å². The molecule has 3 rings (SSSR count). The minimum absolute atomic E-state index is 0.0554. The molecule has 0 spiro atoms. The topological polar surface area (TPSA) is 58.8 Å². The van der Waals surface area contributed by atoms with E-state index in [1.807, 2.05) is 12.1 Å². The van der Waals surface area contributed by atoms with E-state index >= 15 is 0 Å². The summed E-state index contributed by atoms with van der Waals surface area (Å²) in [6.45, 7) is 5.82. The van der Waals surface area contributed by atoms with Gasteiger partial charge in [0.15, 0.2) is 5.96 Å². The van der Waals surface area contributed by atoms with Gasteiger partial charge in [0.05, 0.1) is 6.26 Å². The molecule has 0 unspecified atom stereocenters. The molecule has 0 atom stereocenters. The molecular formula is C20H26BrN3O2. The molecule has 0 saturated carbocycles. The molecule has 26 heavy (non-hydrogen) atoms. The maximum Gasteiger partial charge on any atom is 0.191 e. The second kappa shape index (κ2) is 9.24. The van der Waals surface area contributed by atoms with Crippen LogP contribution in [-0.4, -0.2) is 32.3 Å². The number of guanidine groups is 1. The number of nitrogens with one attached hydrogen (secondary N) is 2. The number of hydrogen-bond donors (Lipinski definition) is 2. The van der Waals surface area contributed by atoms with E-state index in [2.05, 4.69) is 62.7 Å². The number of benzene rings is 1. The van der Waals surface area contributed by atoms with Crippen molar-refractivity contribution >= 4 is 21.9 Å². The first-order chi connectivity index (χ1) is 12.7. The molecular weight excluding hydrogens is 394 g/mol. The van der Waals surface area contributed by atoms with E-state index in [9.17, 15) is 0 Å². The second-order valence-corrected chi connectivity index (χ2v) is 7.44. The van der Waals surface area contributed by atoms with Gasteiger partial charge in [-0.15, -0.1) is 0 Å². The molecule has 5 nitrogen and oxygen atoms in total. The number of rotatable bonds is 6. The van der Waals surface area contributed by atoms with Gasteiger partial charge < -0.3 is 19.8 Å². The Morgan fingerprint density at radius 2 is 1.92 bits per heavy atom. The molecule has 1 aromatic carbocycles. The number of halogens is 1. The maximum atomic E-state index is 5.63. The van der Waals surface area contributed by atoms with Crippen molar-refractivity contribution in [2.75, 3.05) is 26.3 Å². The standard InChI is InChI=1S/C20H26BrN3O2/c1-2-22-19(23-14-18-4-3-11-26-18)24-15-20(9-12-25-13-10-20)16-5-7-17(21)8-6-16/h3-8,11H,2,9-10,12-15H2,1H3,(H2,22,23,24). The molecule has 1 aromatic heterocycles. The lowest BCUT2D eigenvalue weighted by Gasteiger charge is -2.38. The monoisotopic (exact) mass is 419 g/mol. The van der Waals surface area contributed by atoms with Gasteiger partial charge in [-0.2, -0.15) is 0 Å². The number of aliphatic imine (C=N–C) groups is 1. The molecule has 1 aliphatic rings. The van der Waals surface area contributed by atoms with Crippen molar-refractivity contribution in [3.8, 4) is 0 Å². The Morgan fingerprint density at radius 3 is 2.58 bits per heavy atom. The highest BCUT2D eigenvalue weighted by Gasteiger charge is 2.34. The summed E-state index contributed by atoms with van der Waals surface area (Å²) in [5, 5.41) is 6.86. The molecule has 0 aliphatic carbocycles. The zero-order valence-corrected chi connectivity index (χ0v) is 16.7. The van der Waals surface area contributed by atoms with Crippen LogP contribution in [0.3, 0.4) is 0 Å². The Balaban J connectivity index is 1.72. The van der Waals surface area contributed by atoms with Crippen molar-refractivity contribution in [1.82, 2.24) is 10.6 Å². The van der Waals surface area contributed by atoms with E-state index in [0.29, 0.717) is 6.54 Å². The van der Waals surface area contributed by atoms with Gasteiger partial charge in [-0.25, -0.2) is 4.99 Å². The summed E-state index contributed by atoms with van der Waals surface area (Å²) in [6.07, 6.45) is 3.67. The van der Waals surface area contributed by atoms with Crippen LogP contribution in [0.1, 0.15) is 31.1 Å². The normalized spacial score (nSPS) is 17.1. The van der Waals surface area contributed by atoms with Gasteiger partial charge in [0, 0.05) is 36.2 Å². The van der Waals surface area contributed by atoms with Crippen LogP contribution in [0.25, 0.3) is 0 Å². The summed E-state index contributed by atoms with van der Waals surface area (Å²) in [4.78, 5) is 4.64. The Bertz CT molecular complexity index is 692. The summed E-state index contributed by atoms with van der Waals surface area (Å²) in [7, 11) is 0. The first-order valence-corrected chi connectivity index (χ1v) is 9.89. The van der Waals surface area contributed by atoms with E-state index in [4.69, 9.17) is 9.15 Å². The number of furan rings is 1. The van der Waals surface area contributed by atoms with E-state index in [1.54, 1.807) is 6.26 Å². The summed E-state index contributed by atoms with van der Waals surface area (Å²) in [5.74, 6) is 1.67. The third-order valence-electron chi connectivity index (χ3n) is 4.82. The van der Waals surface area contributed by atoms with Crippen molar-refractivity contribution in [3.05, 3.63) is 58.5 Å². The van der Waals surface area contributed by atoms with Crippen LogP contribution < -0.4 is 10.6 Å². The molecule has 2 aromatic rings. The van der Waals surface area contributed by atoms with Crippen LogP contribution in [0.4, 0.5) is 0 Å². The summed E-state index contributed by atoms with van der Waals surface area (Å²) in [5.41, 5.74) is 1.40. The summed E-state index contributed by atoms with van der Waals surface area (Å²) in [6, 6.07) is 12.5.